The zero-order valence-electron chi connectivity index (χ0n) is 9.94. The molecule has 0 amide bonds. The molecule has 0 saturated carbocycles. The summed E-state index contributed by atoms with van der Waals surface area (Å²) in [6, 6.07) is 9.02. The van der Waals surface area contributed by atoms with Crippen LogP contribution in [0.4, 0.5) is 0 Å². The molecule has 2 rings (SSSR count). The molecule has 88 valence electrons. The minimum Gasteiger partial charge on any atom is -0.491 e. The summed E-state index contributed by atoms with van der Waals surface area (Å²) in [5.74, 6) is 0.724. The highest BCUT2D eigenvalue weighted by Gasteiger charge is 2.10. The maximum absolute atomic E-state index is 12.1. The third-order valence-corrected chi connectivity index (χ3v) is 2.33. The van der Waals surface area contributed by atoms with Gasteiger partial charge in [0.05, 0.1) is 6.10 Å². The van der Waals surface area contributed by atoms with Crippen LogP contribution >= 0.6 is 0 Å². The van der Waals surface area contributed by atoms with Crippen LogP contribution in [0.25, 0.3) is 0 Å². The molecule has 1 aromatic carbocycles. The highest BCUT2D eigenvalue weighted by Crippen LogP contribution is 2.17. The van der Waals surface area contributed by atoms with Crippen molar-refractivity contribution in [3.63, 3.8) is 0 Å². The number of aromatic amines is 1. The van der Waals surface area contributed by atoms with Gasteiger partial charge in [-0.15, -0.1) is 0 Å². The Morgan fingerprint density at radius 3 is 2.71 bits per heavy atom. The number of nitrogens with one attached hydrogen (secondary N) is 1. The monoisotopic (exact) mass is 229 g/mol. The summed E-state index contributed by atoms with van der Waals surface area (Å²) in [7, 11) is 0. The first-order valence-corrected chi connectivity index (χ1v) is 5.61. The molecule has 3 heteroatoms. The van der Waals surface area contributed by atoms with E-state index in [2.05, 4.69) is 4.98 Å². The van der Waals surface area contributed by atoms with Gasteiger partial charge in [-0.05, 0) is 32.0 Å². The van der Waals surface area contributed by atoms with Crippen molar-refractivity contribution in [3.05, 3.63) is 53.9 Å². The lowest BCUT2D eigenvalue weighted by Crippen LogP contribution is -2.06. The van der Waals surface area contributed by atoms with E-state index in [1.165, 1.54) is 0 Å². The number of benzene rings is 1. The lowest BCUT2D eigenvalue weighted by Gasteiger charge is -2.10. The maximum atomic E-state index is 12.1. The van der Waals surface area contributed by atoms with E-state index in [1.54, 1.807) is 30.6 Å². The highest BCUT2D eigenvalue weighted by molar-refractivity contribution is 6.09. The molecule has 2 aromatic rings. The molecule has 17 heavy (non-hydrogen) atoms. The average Bonchev–Trinajstić information content (AvgIpc) is 2.81. The minimum atomic E-state index is 0.000422. The predicted octanol–water partition coefficient (Wildman–Crippen LogP) is 3.03. The number of aromatic nitrogens is 1. The molecular weight excluding hydrogens is 214 g/mol. The van der Waals surface area contributed by atoms with Crippen molar-refractivity contribution in [2.45, 2.75) is 20.0 Å². The van der Waals surface area contributed by atoms with Crippen molar-refractivity contribution in [1.82, 2.24) is 4.98 Å². The Hall–Kier alpha value is -2.03. The van der Waals surface area contributed by atoms with Gasteiger partial charge in [0, 0.05) is 23.5 Å². The van der Waals surface area contributed by atoms with Gasteiger partial charge in [-0.2, -0.15) is 0 Å². The van der Waals surface area contributed by atoms with Crippen LogP contribution in [0.15, 0.2) is 42.7 Å². The fraction of sp³-hybridized carbons (Fsp3) is 0.214. The average molecular weight is 229 g/mol. The Labute approximate surface area is 100 Å². The number of ether oxygens (including phenoxy) is 1. The van der Waals surface area contributed by atoms with Gasteiger partial charge in [-0.25, -0.2) is 0 Å². The zero-order chi connectivity index (χ0) is 12.3. The summed E-state index contributed by atoms with van der Waals surface area (Å²) in [5, 5.41) is 0. The second-order valence-electron chi connectivity index (χ2n) is 4.12. The van der Waals surface area contributed by atoms with Crippen LogP contribution in [-0.2, 0) is 0 Å². The molecule has 0 radical (unpaired) electrons. The van der Waals surface area contributed by atoms with E-state index >= 15 is 0 Å². The van der Waals surface area contributed by atoms with E-state index in [1.807, 2.05) is 26.0 Å². The third-order valence-electron chi connectivity index (χ3n) is 2.33. The van der Waals surface area contributed by atoms with Crippen LogP contribution in [0, 0.1) is 0 Å². The topological polar surface area (TPSA) is 42.1 Å². The summed E-state index contributed by atoms with van der Waals surface area (Å²) in [5.41, 5.74) is 1.30. The fourth-order valence-corrected chi connectivity index (χ4v) is 1.61. The first kappa shape index (κ1) is 11.5. The van der Waals surface area contributed by atoms with Crippen molar-refractivity contribution >= 4 is 5.78 Å². The molecular formula is C14H15NO2. The van der Waals surface area contributed by atoms with Crippen LogP contribution in [0.1, 0.15) is 29.8 Å². The van der Waals surface area contributed by atoms with E-state index in [4.69, 9.17) is 4.74 Å². The number of H-pyrrole nitrogens is 1. The molecule has 0 aliphatic rings. The summed E-state index contributed by atoms with van der Waals surface area (Å²) in [6.45, 7) is 3.92. The maximum Gasteiger partial charge on any atom is 0.194 e. The predicted molar refractivity (Wildman–Crippen MR) is 66.4 cm³/mol. The molecule has 0 spiro atoms. The van der Waals surface area contributed by atoms with E-state index in [9.17, 15) is 4.79 Å². The molecule has 0 aliphatic heterocycles. The van der Waals surface area contributed by atoms with Crippen molar-refractivity contribution in [1.29, 1.82) is 0 Å². The van der Waals surface area contributed by atoms with Gasteiger partial charge in [0.2, 0.25) is 0 Å². The molecule has 1 heterocycles. The molecule has 0 unspecified atom stereocenters. The van der Waals surface area contributed by atoms with Gasteiger partial charge in [0.15, 0.2) is 5.78 Å². The van der Waals surface area contributed by atoms with Crippen LogP contribution in [0.2, 0.25) is 0 Å². The van der Waals surface area contributed by atoms with E-state index in [0.717, 1.165) is 5.75 Å². The van der Waals surface area contributed by atoms with Crippen LogP contribution in [0.5, 0.6) is 5.75 Å². The number of hydrogen-bond acceptors (Lipinski definition) is 2. The highest BCUT2D eigenvalue weighted by atomic mass is 16.5. The lowest BCUT2D eigenvalue weighted by atomic mass is 10.1. The molecule has 0 bridgehead atoms. The van der Waals surface area contributed by atoms with Gasteiger partial charge in [0.25, 0.3) is 0 Å². The molecule has 0 fully saturated rings. The molecule has 0 aliphatic carbocycles. The second kappa shape index (κ2) is 4.87. The normalized spacial score (nSPS) is 10.5. The fourth-order valence-electron chi connectivity index (χ4n) is 1.61. The van der Waals surface area contributed by atoms with E-state index in [0.29, 0.717) is 11.1 Å². The van der Waals surface area contributed by atoms with Gasteiger partial charge in [-0.1, -0.05) is 12.1 Å². The number of carbonyl (C=O) groups excluding carboxylic acids is 1. The largest absolute Gasteiger partial charge is 0.491 e. The van der Waals surface area contributed by atoms with Crippen LogP contribution in [-0.4, -0.2) is 16.9 Å². The molecule has 3 nitrogen and oxygen atoms in total. The Kier molecular flexibility index (Phi) is 3.28. The Balaban J connectivity index is 2.24. The van der Waals surface area contributed by atoms with Gasteiger partial charge < -0.3 is 9.72 Å². The molecule has 1 aromatic heterocycles. The minimum absolute atomic E-state index is 0.000422. The Morgan fingerprint density at radius 2 is 2.06 bits per heavy atom. The number of hydrogen-bond donors (Lipinski definition) is 1. The molecule has 0 atom stereocenters. The smallest absolute Gasteiger partial charge is 0.194 e. The first-order valence-electron chi connectivity index (χ1n) is 5.61. The third kappa shape index (κ3) is 2.75. The standard InChI is InChI=1S/C14H15NO2/c1-10(2)17-13-5-3-4-11(8-13)14(16)12-6-7-15-9-12/h3-10,15H,1-2H3. The van der Waals surface area contributed by atoms with Crippen molar-refractivity contribution in [2.75, 3.05) is 0 Å². The van der Waals surface area contributed by atoms with E-state index < -0.39 is 0 Å². The Morgan fingerprint density at radius 1 is 1.24 bits per heavy atom. The van der Waals surface area contributed by atoms with Crippen molar-refractivity contribution in [3.8, 4) is 5.75 Å². The van der Waals surface area contributed by atoms with Crippen molar-refractivity contribution in [2.24, 2.45) is 0 Å². The van der Waals surface area contributed by atoms with Crippen LogP contribution in [0.3, 0.4) is 0 Å². The van der Waals surface area contributed by atoms with Crippen molar-refractivity contribution < 1.29 is 9.53 Å². The van der Waals surface area contributed by atoms with Gasteiger partial charge >= 0.3 is 0 Å². The summed E-state index contributed by atoms with van der Waals surface area (Å²) in [4.78, 5) is 14.9. The first-order chi connectivity index (χ1) is 8.16. The van der Waals surface area contributed by atoms with Crippen LogP contribution < -0.4 is 4.74 Å². The quantitative estimate of drug-likeness (QED) is 0.819. The van der Waals surface area contributed by atoms with Gasteiger partial charge in [-0.3, -0.25) is 4.79 Å². The number of carbonyl (C=O) groups is 1. The SMILES string of the molecule is CC(C)Oc1cccc(C(=O)c2cc[nH]c2)c1. The van der Waals surface area contributed by atoms with E-state index in [-0.39, 0.29) is 11.9 Å². The number of ketones is 1. The Bertz CT molecular complexity index is 501. The lowest BCUT2D eigenvalue weighted by molar-refractivity contribution is 0.103. The van der Waals surface area contributed by atoms with Gasteiger partial charge in [0.1, 0.15) is 5.75 Å². The molecule has 1 N–H and O–H groups in total. The summed E-state index contributed by atoms with van der Waals surface area (Å²) in [6.07, 6.45) is 3.53. The zero-order valence-corrected chi connectivity index (χ0v) is 9.94. The molecule has 0 saturated heterocycles. The second-order valence-corrected chi connectivity index (χ2v) is 4.12. The summed E-state index contributed by atoms with van der Waals surface area (Å²) < 4.78 is 5.56. The number of rotatable bonds is 4. The summed E-state index contributed by atoms with van der Waals surface area (Å²) >= 11 is 0.